The van der Waals surface area contributed by atoms with Crippen molar-refractivity contribution in [3.8, 4) is 5.75 Å². The summed E-state index contributed by atoms with van der Waals surface area (Å²) in [4.78, 5) is 0.188. The van der Waals surface area contributed by atoms with E-state index in [1.807, 2.05) is 0 Å². The van der Waals surface area contributed by atoms with Gasteiger partial charge in [-0.25, -0.2) is 8.42 Å². The van der Waals surface area contributed by atoms with Crippen LogP contribution in [-0.4, -0.2) is 44.6 Å². The number of hydrogen-bond acceptors (Lipinski definition) is 5. The van der Waals surface area contributed by atoms with E-state index < -0.39 is 10.0 Å². The Kier molecular flexibility index (Phi) is 4.52. The number of hydrogen-bond donors (Lipinski definition) is 2. The van der Waals surface area contributed by atoms with Crippen molar-refractivity contribution in [3.63, 3.8) is 0 Å². The normalized spacial score (nSPS) is 20.2. The Labute approximate surface area is 119 Å². The molecule has 1 atom stereocenters. The quantitative estimate of drug-likeness (QED) is 0.780. The van der Waals surface area contributed by atoms with Crippen LogP contribution in [0, 0.1) is 5.92 Å². The number of aliphatic hydroxyl groups excluding tert-OH is 1. The molecule has 112 valence electrons. The molecule has 1 aromatic carbocycles. The largest absolute Gasteiger partial charge is 0.495 e. The summed E-state index contributed by atoms with van der Waals surface area (Å²) in [6.45, 7) is 1.03. The number of sulfonamides is 1. The van der Waals surface area contributed by atoms with Gasteiger partial charge in [0.25, 0.3) is 0 Å². The number of rotatable bonds is 5. The van der Waals surface area contributed by atoms with Gasteiger partial charge in [-0.2, -0.15) is 4.31 Å². The van der Waals surface area contributed by atoms with Crippen molar-refractivity contribution in [1.29, 1.82) is 0 Å². The monoisotopic (exact) mass is 300 g/mol. The Morgan fingerprint density at radius 2 is 2.25 bits per heavy atom. The van der Waals surface area contributed by atoms with Crippen molar-refractivity contribution in [3.05, 3.63) is 18.2 Å². The number of nitrogens with zero attached hydrogens (tertiary/aromatic N) is 1. The topological polar surface area (TPSA) is 92.9 Å². The molecule has 2 rings (SSSR count). The summed E-state index contributed by atoms with van der Waals surface area (Å²) in [6, 6.07) is 4.48. The van der Waals surface area contributed by atoms with Crippen LogP contribution >= 0.6 is 0 Å². The first-order valence-electron chi connectivity index (χ1n) is 6.53. The maximum atomic E-state index is 12.5. The number of anilines is 1. The molecule has 0 aliphatic carbocycles. The van der Waals surface area contributed by atoms with Crippen LogP contribution < -0.4 is 10.5 Å². The minimum Gasteiger partial charge on any atom is -0.495 e. The van der Waals surface area contributed by atoms with Crippen LogP contribution in [0.1, 0.15) is 12.8 Å². The number of ether oxygens (including phenoxy) is 1. The van der Waals surface area contributed by atoms with Crippen molar-refractivity contribution < 1.29 is 18.3 Å². The molecule has 1 unspecified atom stereocenters. The van der Waals surface area contributed by atoms with E-state index in [1.165, 1.54) is 29.6 Å². The van der Waals surface area contributed by atoms with Crippen LogP contribution in [-0.2, 0) is 10.0 Å². The van der Waals surface area contributed by atoms with Crippen molar-refractivity contribution in [2.45, 2.75) is 17.7 Å². The van der Waals surface area contributed by atoms with Gasteiger partial charge in [-0.05, 0) is 30.9 Å². The third-order valence-electron chi connectivity index (χ3n) is 3.63. The van der Waals surface area contributed by atoms with Crippen LogP contribution in [0.5, 0.6) is 5.75 Å². The zero-order valence-electron chi connectivity index (χ0n) is 11.4. The van der Waals surface area contributed by atoms with E-state index in [0.29, 0.717) is 30.9 Å². The van der Waals surface area contributed by atoms with Gasteiger partial charge in [0.05, 0.1) is 17.7 Å². The molecule has 1 heterocycles. The van der Waals surface area contributed by atoms with Gasteiger partial charge in [0.1, 0.15) is 5.75 Å². The van der Waals surface area contributed by atoms with Crippen LogP contribution in [0.25, 0.3) is 0 Å². The molecule has 1 aromatic rings. The molecule has 0 bridgehead atoms. The summed E-state index contributed by atoms with van der Waals surface area (Å²) in [5, 5.41) is 8.93. The van der Waals surface area contributed by atoms with Crippen molar-refractivity contribution in [2.24, 2.45) is 5.92 Å². The molecule has 0 saturated carbocycles. The molecule has 3 N–H and O–H groups in total. The molecule has 1 fully saturated rings. The van der Waals surface area contributed by atoms with Crippen molar-refractivity contribution >= 4 is 15.7 Å². The van der Waals surface area contributed by atoms with Crippen LogP contribution in [0.2, 0.25) is 0 Å². The smallest absolute Gasteiger partial charge is 0.243 e. The van der Waals surface area contributed by atoms with Crippen molar-refractivity contribution in [2.75, 3.05) is 32.5 Å². The molecular weight excluding hydrogens is 280 g/mol. The molecule has 0 radical (unpaired) electrons. The number of nitrogen functional groups attached to an aromatic ring is 1. The summed E-state index contributed by atoms with van der Waals surface area (Å²) in [5.41, 5.74) is 6.11. The summed E-state index contributed by atoms with van der Waals surface area (Å²) < 4.78 is 31.6. The van der Waals surface area contributed by atoms with Gasteiger partial charge in [0.2, 0.25) is 10.0 Å². The lowest BCUT2D eigenvalue weighted by atomic mass is 10.1. The first-order valence-corrected chi connectivity index (χ1v) is 7.97. The molecule has 1 aliphatic heterocycles. The number of benzene rings is 1. The fraction of sp³-hybridized carbons (Fsp3) is 0.538. The second-order valence-electron chi connectivity index (χ2n) is 4.93. The molecule has 0 spiro atoms. The summed E-state index contributed by atoms with van der Waals surface area (Å²) >= 11 is 0. The van der Waals surface area contributed by atoms with Gasteiger partial charge in [0, 0.05) is 25.8 Å². The zero-order valence-corrected chi connectivity index (χ0v) is 12.3. The van der Waals surface area contributed by atoms with E-state index in [1.54, 1.807) is 0 Å². The third-order valence-corrected chi connectivity index (χ3v) is 5.49. The van der Waals surface area contributed by atoms with Crippen LogP contribution in [0.15, 0.2) is 23.1 Å². The van der Waals surface area contributed by atoms with E-state index in [2.05, 4.69) is 0 Å². The number of aliphatic hydroxyl groups is 1. The Balaban J connectivity index is 2.23. The van der Waals surface area contributed by atoms with Gasteiger partial charge in [-0.1, -0.05) is 0 Å². The zero-order chi connectivity index (χ0) is 14.8. The van der Waals surface area contributed by atoms with Gasteiger partial charge in [0.15, 0.2) is 0 Å². The van der Waals surface area contributed by atoms with E-state index in [4.69, 9.17) is 15.6 Å². The van der Waals surface area contributed by atoms with Gasteiger partial charge >= 0.3 is 0 Å². The Hall–Kier alpha value is -1.31. The predicted octanol–water partition coefficient (Wildman–Crippen LogP) is 0.670. The molecule has 0 aromatic heterocycles. The molecule has 0 amide bonds. The van der Waals surface area contributed by atoms with E-state index in [0.717, 1.165) is 6.42 Å². The summed E-state index contributed by atoms with van der Waals surface area (Å²) in [7, 11) is -2.07. The molecule has 6 nitrogen and oxygen atoms in total. The fourth-order valence-electron chi connectivity index (χ4n) is 2.43. The Bertz CT molecular complexity index is 574. The SMILES string of the molecule is COc1cc(S(=O)(=O)N2CCC(CCO)C2)ccc1N. The molecule has 20 heavy (non-hydrogen) atoms. The highest BCUT2D eigenvalue weighted by Gasteiger charge is 2.32. The van der Waals surface area contributed by atoms with Gasteiger partial charge in [-0.15, -0.1) is 0 Å². The van der Waals surface area contributed by atoms with Crippen molar-refractivity contribution in [1.82, 2.24) is 4.31 Å². The Morgan fingerprint density at radius 3 is 2.90 bits per heavy atom. The summed E-state index contributed by atoms with van der Waals surface area (Å²) in [6.07, 6.45) is 1.42. The fourth-order valence-corrected chi connectivity index (χ4v) is 3.98. The van der Waals surface area contributed by atoms with E-state index in [9.17, 15) is 8.42 Å². The number of nitrogens with two attached hydrogens (primary N) is 1. The molecule has 1 aliphatic rings. The predicted molar refractivity (Wildman–Crippen MR) is 76.0 cm³/mol. The Morgan fingerprint density at radius 1 is 1.50 bits per heavy atom. The van der Waals surface area contributed by atoms with Crippen LogP contribution in [0.4, 0.5) is 5.69 Å². The average Bonchev–Trinajstić information content (AvgIpc) is 2.89. The first-order chi connectivity index (χ1) is 9.48. The maximum Gasteiger partial charge on any atom is 0.243 e. The maximum absolute atomic E-state index is 12.5. The highest BCUT2D eigenvalue weighted by Crippen LogP contribution is 2.30. The third kappa shape index (κ3) is 2.89. The molecule has 1 saturated heterocycles. The minimum atomic E-state index is -3.52. The first kappa shape index (κ1) is 15.1. The van der Waals surface area contributed by atoms with Crippen LogP contribution in [0.3, 0.4) is 0 Å². The second kappa shape index (κ2) is 5.99. The molecular formula is C13H20N2O4S. The van der Waals surface area contributed by atoms with Gasteiger partial charge in [-0.3, -0.25) is 0 Å². The van der Waals surface area contributed by atoms with Gasteiger partial charge < -0.3 is 15.6 Å². The lowest BCUT2D eigenvalue weighted by Crippen LogP contribution is -2.29. The van der Waals surface area contributed by atoms with E-state index in [-0.39, 0.29) is 17.4 Å². The highest BCUT2D eigenvalue weighted by molar-refractivity contribution is 7.89. The average molecular weight is 300 g/mol. The number of methoxy groups -OCH3 is 1. The standard InChI is InChI=1S/C13H20N2O4S/c1-19-13-8-11(2-3-12(13)14)20(17,18)15-6-4-10(9-15)5-7-16/h2-3,8,10,16H,4-7,9,14H2,1H3. The lowest BCUT2D eigenvalue weighted by molar-refractivity contribution is 0.259. The van der Waals surface area contributed by atoms with E-state index >= 15 is 0 Å². The minimum absolute atomic E-state index is 0.0915. The second-order valence-corrected chi connectivity index (χ2v) is 6.87. The lowest BCUT2D eigenvalue weighted by Gasteiger charge is -2.17. The molecule has 7 heteroatoms. The summed E-state index contributed by atoms with van der Waals surface area (Å²) in [5.74, 6) is 0.586. The highest BCUT2D eigenvalue weighted by atomic mass is 32.2.